The van der Waals surface area contributed by atoms with E-state index in [0.717, 1.165) is 29.7 Å². The molecule has 1 N–H and O–H groups in total. The van der Waals surface area contributed by atoms with Crippen molar-refractivity contribution >= 4 is 0 Å². The fraction of sp³-hybridized carbons (Fsp3) is 1.00. The molecule has 0 aromatic heterocycles. The minimum atomic E-state index is 0.833. The van der Waals surface area contributed by atoms with E-state index in [9.17, 15) is 0 Å². The van der Waals surface area contributed by atoms with Gasteiger partial charge >= 0.3 is 0 Å². The Kier molecular flexibility index (Phi) is 2.64. The van der Waals surface area contributed by atoms with Gasteiger partial charge in [-0.1, -0.05) is 27.2 Å². The summed E-state index contributed by atoms with van der Waals surface area (Å²) in [7, 11) is 0. The Hall–Kier alpha value is -0.0400. The molecule has 0 aromatic carbocycles. The molecule has 0 spiro atoms. The van der Waals surface area contributed by atoms with Gasteiger partial charge < -0.3 is 5.32 Å². The average Bonchev–Trinajstić information content (AvgIpc) is 2.12. The molecule has 1 heteroatoms. The van der Waals surface area contributed by atoms with Crippen molar-refractivity contribution in [3.05, 3.63) is 0 Å². The van der Waals surface area contributed by atoms with E-state index in [1.54, 1.807) is 0 Å². The number of nitrogens with one attached hydrogen (secondary N) is 1. The summed E-state index contributed by atoms with van der Waals surface area (Å²) >= 11 is 0. The lowest BCUT2D eigenvalue weighted by molar-refractivity contribution is 0.0922. The molecule has 5 unspecified atom stereocenters. The summed E-state index contributed by atoms with van der Waals surface area (Å²) in [6.45, 7) is 8.48. The number of rotatable bonds is 0. The lowest BCUT2D eigenvalue weighted by Crippen LogP contribution is -2.52. The molecule has 13 heavy (non-hydrogen) atoms. The van der Waals surface area contributed by atoms with Crippen molar-refractivity contribution in [2.45, 2.75) is 46.1 Å². The van der Waals surface area contributed by atoms with E-state index in [0.29, 0.717) is 0 Å². The van der Waals surface area contributed by atoms with Gasteiger partial charge in [0.15, 0.2) is 0 Å². The maximum absolute atomic E-state index is 3.75. The van der Waals surface area contributed by atoms with Gasteiger partial charge in [0.25, 0.3) is 0 Å². The van der Waals surface area contributed by atoms with E-state index < -0.39 is 0 Å². The molecular formula is C12H23N. The van der Waals surface area contributed by atoms with Gasteiger partial charge in [0.05, 0.1) is 0 Å². The molecule has 1 heterocycles. The van der Waals surface area contributed by atoms with E-state index in [1.807, 2.05) is 0 Å². The number of piperidine rings is 1. The van der Waals surface area contributed by atoms with Crippen molar-refractivity contribution in [3.63, 3.8) is 0 Å². The van der Waals surface area contributed by atoms with Crippen LogP contribution in [0.2, 0.25) is 0 Å². The van der Waals surface area contributed by atoms with Crippen LogP contribution in [-0.4, -0.2) is 12.6 Å². The Morgan fingerprint density at radius 2 is 1.85 bits per heavy atom. The second-order valence-corrected chi connectivity index (χ2v) is 5.45. The summed E-state index contributed by atoms with van der Waals surface area (Å²) in [6, 6.07) is 0.833. The van der Waals surface area contributed by atoms with Crippen LogP contribution in [0.1, 0.15) is 40.0 Å². The first-order chi connectivity index (χ1) is 6.18. The van der Waals surface area contributed by atoms with Crippen molar-refractivity contribution in [1.29, 1.82) is 0 Å². The molecule has 0 radical (unpaired) electrons. The van der Waals surface area contributed by atoms with Crippen LogP contribution in [0.4, 0.5) is 0 Å². The van der Waals surface area contributed by atoms with Crippen LogP contribution in [0.5, 0.6) is 0 Å². The first-order valence-corrected chi connectivity index (χ1v) is 5.92. The van der Waals surface area contributed by atoms with Crippen LogP contribution in [0.25, 0.3) is 0 Å². The standard InChI is InChI=1S/C12H23N/c1-8-6-11-5-4-9(2)10(3)12(11)13-7-8/h8-13H,4-7H2,1-3H3. The monoisotopic (exact) mass is 181 g/mol. The van der Waals surface area contributed by atoms with Gasteiger partial charge in [-0.2, -0.15) is 0 Å². The quantitative estimate of drug-likeness (QED) is 0.606. The van der Waals surface area contributed by atoms with Crippen molar-refractivity contribution in [2.24, 2.45) is 23.7 Å². The van der Waals surface area contributed by atoms with Crippen LogP contribution < -0.4 is 5.32 Å². The zero-order chi connectivity index (χ0) is 9.42. The molecule has 0 amide bonds. The maximum atomic E-state index is 3.75. The predicted octanol–water partition coefficient (Wildman–Crippen LogP) is 2.67. The molecule has 2 fully saturated rings. The Balaban J connectivity index is 2.02. The molecule has 0 bridgehead atoms. The van der Waals surface area contributed by atoms with Crippen LogP contribution in [0.3, 0.4) is 0 Å². The van der Waals surface area contributed by atoms with E-state index in [4.69, 9.17) is 0 Å². The number of fused-ring (bicyclic) bond motifs is 1. The van der Waals surface area contributed by atoms with Crippen molar-refractivity contribution in [3.8, 4) is 0 Å². The van der Waals surface area contributed by atoms with E-state index in [2.05, 4.69) is 26.1 Å². The third-order valence-electron chi connectivity index (χ3n) is 4.37. The van der Waals surface area contributed by atoms with E-state index in [-0.39, 0.29) is 0 Å². The third-order valence-corrected chi connectivity index (χ3v) is 4.37. The summed E-state index contributed by atoms with van der Waals surface area (Å²) in [6.07, 6.45) is 4.39. The highest BCUT2D eigenvalue weighted by Crippen LogP contribution is 2.38. The van der Waals surface area contributed by atoms with Crippen LogP contribution in [0, 0.1) is 23.7 Å². The highest BCUT2D eigenvalue weighted by atomic mass is 15.0. The van der Waals surface area contributed by atoms with Crippen molar-refractivity contribution in [1.82, 2.24) is 5.32 Å². The molecule has 1 saturated heterocycles. The molecule has 1 aliphatic carbocycles. The van der Waals surface area contributed by atoms with Crippen LogP contribution in [0.15, 0.2) is 0 Å². The molecule has 5 atom stereocenters. The second-order valence-electron chi connectivity index (χ2n) is 5.45. The topological polar surface area (TPSA) is 12.0 Å². The van der Waals surface area contributed by atoms with Gasteiger partial charge in [-0.05, 0) is 43.1 Å². The Morgan fingerprint density at radius 1 is 1.08 bits per heavy atom. The molecule has 1 nitrogen and oxygen atoms in total. The highest BCUT2D eigenvalue weighted by molar-refractivity contribution is 4.92. The number of hydrogen-bond acceptors (Lipinski definition) is 1. The average molecular weight is 181 g/mol. The number of hydrogen-bond donors (Lipinski definition) is 1. The smallest absolute Gasteiger partial charge is 0.0124 e. The second kappa shape index (κ2) is 3.61. The van der Waals surface area contributed by atoms with E-state index in [1.165, 1.54) is 25.8 Å². The first-order valence-electron chi connectivity index (χ1n) is 5.92. The fourth-order valence-corrected chi connectivity index (χ4v) is 3.26. The molecule has 76 valence electrons. The van der Waals surface area contributed by atoms with Gasteiger partial charge in [0.2, 0.25) is 0 Å². The zero-order valence-corrected chi connectivity index (χ0v) is 9.22. The molecular weight excluding hydrogens is 158 g/mol. The first kappa shape index (κ1) is 9.51. The molecule has 1 saturated carbocycles. The third kappa shape index (κ3) is 1.76. The Bertz CT molecular complexity index is 178. The molecule has 2 rings (SSSR count). The van der Waals surface area contributed by atoms with Gasteiger partial charge in [0.1, 0.15) is 0 Å². The lowest BCUT2D eigenvalue weighted by Gasteiger charge is -2.45. The zero-order valence-electron chi connectivity index (χ0n) is 9.22. The fourth-order valence-electron chi connectivity index (χ4n) is 3.26. The highest BCUT2D eigenvalue weighted by Gasteiger charge is 2.37. The normalized spacial score (nSPS) is 51.5. The van der Waals surface area contributed by atoms with Gasteiger partial charge in [-0.25, -0.2) is 0 Å². The largest absolute Gasteiger partial charge is 0.313 e. The Labute approximate surface area is 82.3 Å². The van der Waals surface area contributed by atoms with Gasteiger partial charge in [-0.3, -0.25) is 0 Å². The summed E-state index contributed by atoms with van der Waals surface area (Å²) in [4.78, 5) is 0. The van der Waals surface area contributed by atoms with Crippen LogP contribution in [-0.2, 0) is 0 Å². The van der Waals surface area contributed by atoms with E-state index >= 15 is 0 Å². The van der Waals surface area contributed by atoms with Gasteiger partial charge in [-0.15, -0.1) is 0 Å². The molecule has 0 aromatic rings. The molecule has 1 aliphatic heterocycles. The van der Waals surface area contributed by atoms with Gasteiger partial charge in [0, 0.05) is 6.04 Å². The maximum Gasteiger partial charge on any atom is 0.0124 e. The summed E-state index contributed by atoms with van der Waals surface area (Å²) in [5.74, 6) is 3.71. The minimum Gasteiger partial charge on any atom is -0.313 e. The van der Waals surface area contributed by atoms with Crippen molar-refractivity contribution in [2.75, 3.05) is 6.54 Å². The predicted molar refractivity (Wildman–Crippen MR) is 56.6 cm³/mol. The summed E-state index contributed by atoms with van der Waals surface area (Å²) < 4.78 is 0. The lowest BCUT2D eigenvalue weighted by atomic mass is 9.68. The minimum absolute atomic E-state index is 0.833. The summed E-state index contributed by atoms with van der Waals surface area (Å²) in [5, 5.41) is 3.75. The molecule has 2 aliphatic rings. The Morgan fingerprint density at radius 3 is 2.62 bits per heavy atom. The SMILES string of the molecule is CC1CNC2C(CCC(C)C2C)C1. The van der Waals surface area contributed by atoms with Crippen molar-refractivity contribution < 1.29 is 0 Å². The van der Waals surface area contributed by atoms with Crippen LogP contribution >= 0.6 is 0 Å². The summed E-state index contributed by atoms with van der Waals surface area (Å²) in [5.41, 5.74) is 0.